The Bertz CT molecular complexity index is 507. The van der Waals surface area contributed by atoms with Crippen molar-refractivity contribution >= 4 is 11.0 Å². The maximum absolute atomic E-state index is 12.4. The molecule has 2 aromatic rings. The summed E-state index contributed by atoms with van der Waals surface area (Å²) in [6.07, 6.45) is -10.3. The van der Waals surface area contributed by atoms with Crippen molar-refractivity contribution in [3.05, 3.63) is 23.3 Å². The Morgan fingerprint density at radius 3 is 1.41 bits per heavy atom. The van der Waals surface area contributed by atoms with E-state index in [4.69, 9.17) is 0 Å². The van der Waals surface area contributed by atoms with E-state index in [1.165, 1.54) is 0 Å². The number of halogens is 6. The molecule has 0 atom stereocenters. The summed E-state index contributed by atoms with van der Waals surface area (Å²) in [6.45, 7) is 0. The van der Waals surface area contributed by atoms with E-state index < -0.39 is 23.5 Å². The van der Waals surface area contributed by atoms with Crippen LogP contribution in [-0.4, -0.2) is 10.3 Å². The summed E-state index contributed by atoms with van der Waals surface area (Å²) in [7, 11) is 0. The molecule has 92 valence electrons. The highest BCUT2D eigenvalue weighted by molar-refractivity contribution is 5.75. The van der Waals surface area contributed by atoms with Gasteiger partial charge in [0.25, 0.3) is 0 Å². The maximum Gasteiger partial charge on any atom is 0.417 e. The standard InChI is InChI=1S/C8H2F6N2O/c9-7(10,11)3-1-5-6(16-17-15-5)2-4(3)8(12,13)14/h1-2H. The lowest BCUT2D eigenvalue weighted by Crippen LogP contribution is -2.16. The quantitative estimate of drug-likeness (QED) is 0.679. The van der Waals surface area contributed by atoms with E-state index in [1.54, 1.807) is 0 Å². The molecule has 0 N–H and O–H groups in total. The summed E-state index contributed by atoms with van der Waals surface area (Å²) < 4.78 is 78.7. The highest BCUT2D eigenvalue weighted by atomic mass is 19.4. The molecule has 0 saturated heterocycles. The van der Waals surface area contributed by atoms with Gasteiger partial charge in [-0.2, -0.15) is 26.3 Å². The fourth-order valence-electron chi connectivity index (χ4n) is 1.30. The van der Waals surface area contributed by atoms with E-state index in [0.717, 1.165) is 0 Å². The second-order valence-electron chi connectivity index (χ2n) is 3.15. The molecule has 0 fully saturated rings. The molecule has 0 radical (unpaired) electrons. The van der Waals surface area contributed by atoms with Crippen molar-refractivity contribution in [2.75, 3.05) is 0 Å². The number of hydrogen-bond donors (Lipinski definition) is 0. The Balaban J connectivity index is 2.78. The summed E-state index contributed by atoms with van der Waals surface area (Å²) in [5, 5.41) is 6.13. The molecule has 9 heteroatoms. The third-order valence-electron chi connectivity index (χ3n) is 2.00. The third kappa shape index (κ3) is 2.04. The Morgan fingerprint density at radius 2 is 1.12 bits per heavy atom. The van der Waals surface area contributed by atoms with Crippen LogP contribution in [0.25, 0.3) is 11.0 Å². The van der Waals surface area contributed by atoms with Crippen molar-refractivity contribution < 1.29 is 31.0 Å². The Morgan fingerprint density at radius 1 is 0.765 bits per heavy atom. The molecule has 0 aliphatic carbocycles. The highest BCUT2D eigenvalue weighted by Gasteiger charge is 2.43. The van der Waals surface area contributed by atoms with Crippen LogP contribution in [0.3, 0.4) is 0 Å². The van der Waals surface area contributed by atoms with Gasteiger partial charge in [0.05, 0.1) is 11.1 Å². The van der Waals surface area contributed by atoms with Crippen LogP contribution in [-0.2, 0) is 12.4 Å². The molecule has 17 heavy (non-hydrogen) atoms. The van der Waals surface area contributed by atoms with E-state index in [0.29, 0.717) is 0 Å². The Hall–Kier alpha value is -1.80. The number of fused-ring (bicyclic) bond motifs is 1. The zero-order chi connectivity index (χ0) is 12.8. The minimum absolute atomic E-state index is 0.259. The van der Waals surface area contributed by atoms with Crippen LogP contribution in [0, 0.1) is 0 Å². The van der Waals surface area contributed by atoms with Gasteiger partial charge in [-0.15, -0.1) is 0 Å². The second-order valence-corrected chi connectivity index (χ2v) is 3.15. The van der Waals surface area contributed by atoms with Gasteiger partial charge in [-0.3, -0.25) is 0 Å². The van der Waals surface area contributed by atoms with E-state index in [1.807, 2.05) is 0 Å². The van der Waals surface area contributed by atoms with Crippen LogP contribution in [0.2, 0.25) is 0 Å². The van der Waals surface area contributed by atoms with Crippen molar-refractivity contribution in [3.63, 3.8) is 0 Å². The largest absolute Gasteiger partial charge is 0.417 e. The summed E-state index contributed by atoms with van der Waals surface area (Å²) in [6, 6.07) is 0.517. The third-order valence-corrected chi connectivity index (χ3v) is 2.00. The minimum Gasteiger partial charge on any atom is -0.243 e. The number of benzene rings is 1. The monoisotopic (exact) mass is 256 g/mol. The smallest absolute Gasteiger partial charge is 0.243 e. The van der Waals surface area contributed by atoms with E-state index in [9.17, 15) is 26.3 Å². The molecule has 0 bridgehead atoms. The molecule has 1 aromatic heterocycles. The molecule has 1 heterocycles. The zero-order valence-electron chi connectivity index (χ0n) is 7.73. The Kier molecular flexibility index (Phi) is 2.30. The number of aromatic nitrogens is 2. The molecule has 0 spiro atoms. The first-order chi connectivity index (χ1) is 7.69. The van der Waals surface area contributed by atoms with Gasteiger partial charge in [-0.05, 0) is 22.4 Å². The van der Waals surface area contributed by atoms with E-state index >= 15 is 0 Å². The first kappa shape index (κ1) is 11.7. The number of alkyl halides is 6. The first-order valence-electron chi connectivity index (χ1n) is 4.10. The van der Waals surface area contributed by atoms with Gasteiger partial charge in [0, 0.05) is 0 Å². The molecule has 0 amide bonds. The van der Waals surface area contributed by atoms with Crippen LogP contribution < -0.4 is 0 Å². The topological polar surface area (TPSA) is 38.9 Å². The molecule has 1 aromatic carbocycles. The number of hydrogen-bond acceptors (Lipinski definition) is 3. The minimum atomic E-state index is -5.13. The van der Waals surface area contributed by atoms with E-state index in [-0.39, 0.29) is 23.2 Å². The summed E-state index contributed by atoms with van der Waals surface area (Å²) in [4.78, 5) is 0. The van der Waals surface area contributed by atoms with Crippen molar-refractivity contribution in [1.82, 2.24) is 10.3 Å². The average molecular weight is 256 g/mol. The fraction of sp³-hybridized carbons (Fsp3) is 0.250. The average Bonchev–Trinajstić information content (AvgIpc) is 2.59. The van der Waals surface area contributed by atoms with Crippen molar-refractivity contribution in [2.45, 2.75) is 12.4 Å². The Labute approximate surface area is 89.0 Å². The van der Waals surface area contributed by atoms with Gasteiger partial charge < -0.3 is 0 Å². The maximum atomic E-state index is 12.4. The van der Waals surface area contributed by atoms with Crippen LogP contribution >= 0.6 is 0 Å². The molecule has 0 aliphatic heterocycles. The molecule has 0 unspecified atom stereocenters. The van der Waals surface area contributed by atoms with Crippen molar-refractivity contribution in [3.8, 4) is 0 Å². The predicted molar refractivity (Wildman–Crippen MR) is 41.8 cm³/mol. The molecular weight excluding hydrogens is 254 g/mol. The summed E-state index contributed by atoms with van der Waals surface area (Å²) >= 11 is 0. The van der Waals surface area contributed by atoms with Crippen LogP contribution in [0.4, 0.5) is 26.3 Å². The SMILES string of the molecule is FC(F)(F)c1cc2nonc2cc1C(F)(F)F. The lowest BCUT2D eigenvalue weighted by Gasteiger charge is -2.14. The van der Waals surface area contributed by atoms with Crippen molar-refractivity contribution in [2.24, 2.45) is 0 Å². The molecule has 2 rings (SSSR count). The second kappa shape index (κ2) is 3.34. The predicted octanol–water partition coefficient (Wildman–Crippen LogP) is 3.26. The van der Waals surface area contributed by atoms with Gasteiger partial charge in [0.2, 0.25) is 0 Å². The lowest BCUT2D eigenvalue weighted by molar-refractivity contribution is -0.161. The zero-order valence-corrected chi connectivity index (χ0v) is 7.73. The van der Waals surface area contributed by atoms with Crippen LogP contribution in [0.1, 0.15) is 11.1 Å². The van der Waals surface area contributed by atoms with Crippen LogP contribution in [0.5, 0.6) is 0 Å². The van der Waals surface area contributed by atoms with Crippen molar-refractivity contribution in [1.29, 1.82) is 0 Å². The molecule has 0 aliphatic rings. The summed E-state index contributed by atoms with van der Waals surface area (Å²) in [5.41, 5.74) is -4.39. The van der Waals surface area contributed by atoms with Gasteiger partial charge in [-0.1, -0.05) is 0 Å². The van der Waals surface area contributed by atoms with Crippen LogP contribution in [0.15, 0.2) is 16.8 Å². The lowest BCUT2D eigenvalue weighted by atomic mass is 10.1. The van der Waals surface area contributed by atoms with Gasteiger partial charge >= 0.3 is 12.4 Å². The molecule has 0 saturated carbocycles. The van der Waals surface area contributed by atoms with Gasteiger partial charge in [-0.25, -0.2) is 4.63 Å². The normalized spacial score (nSPS) is 13.3. The summed E-state index contributed by atoms with van der Waals surface area (Å²) in [5.74, 6) is 0. The van der Waals surface area contributed by atoms with Gasteiger partial charge in [0.15, 0.2) is 0 Å². The van der Waals surface area contributed by atoms with Gasteiger partial charge in [0.1, 0.15) is 11.0 Å². The molecule has 3 nitrogen and oxygen atoms in total. The first-order valence-corrected chi connectivity index (χ1v) is 4.10. The highest BCUT2D eigenvalue weighted by Crippen LogP contribution is 2.41. The molecular formula is C8H2F6N2O. The number of rotatable bonds is 0. The van der Waals surface area contributed by atoms with E-state index in [2.05, 4.69) is 14.9 Å². The number of nitrogens with zero attached hydrogens (tertiary/aromatic N) is 2. The fourth-order valence-corrected chi connectivity index (χ4v) is 1.30.